The molecule has 2 rings (SSSR count). The second-order valence-corrected chi connectivity index (χ2v) is 4.97. The Kier molecular flexibility index (Phi) is 3.64. The van der Waals surface area contributed by atoms with Gasteiger partial charge in [-0.3, -0.25) is 14.9 Å². The summed E-state index contributed by atoms with van der Waals surface area (Å²) in [7, 11) is 0. The summed E-state index contributed by atoms with van der Waals surface area (Å²) in [4.78, 5) is 25.8. The fourth-order valence-electron chi connectivity index (χ4n) is 2.35. The van der Waals surface area contributed by atoms with Crippen LogP contribution in [0.25, 0.3) is 0 Å². The molecule has 1 saturated carbocycles. The number of nitrogen functional groups attached to an aromatic ring is 1. The average molecular weight is 264 g/mol. The van der Waals surface area contributed by atoms with Crippen molar-refractivity contribution >= 4 is 17.4 Å². The molecular weight excluding hydrogens is 248 g/mol. The van der Waals surface area contributed by atoms with Gasteiger partial charge < -0.3 is 11.1 Å². The van der Waals surface area contributed by atoms with E-state index in [-0.39, 0.29) is 23.1 Å². The maximum Gasteiger partial charge on any atom is 0.288 e. The van der Waals surface area contributed by atoms with Crippen molar-refractivity contribution in [3.63, 3.8) is 0 Å². The fraction of sp³-hybridized carbons (Fsp3) is 0.500. The van der Waals surface area contributed by atoms with Crippen LogP contribution in [0.2, 0.25) is 0 Å². The lowest BCUT2D eigenvalue weighted by Gasteiger charge is -2.13. The second kappa shape index (κ2) is 5.21. The Hall–Kier alpha value is -2.18. The molecule has 1 amide bonds. The molecule has 1 fully saturated rings. The summed E-state index contributed by atoms with van der Waals surface area (Å²) in [6, 6.07) is 1.27. The molecule has 0 bridgehead atoms. The monoisotopic (exact) mass is 264 g/mol. The summed E-state index contributed by atoms with van der Waals surface area (Å²) in [5.41, 5.74) is 5.42. The highest BCUT2D eigenvalue weighted by Gasteiger charge is 2.24. The Morgan fingerprint density at radius 3 is 2.89 bits per heavy atom. The molecule has 0 spiro atoms. The van der Waals surface area contributed by atoms with Gasteiger partial charge in [-0.25, -0.2) is 4.98 Å². The highest BCUT2D eigenvalue weighted by atomic mass is 16.6. The van der Waals surface area contributed by atoms with Gasteiger partial charge in [-0.2, -0.15) is 0 Å². The lowest BCUT2D eigenvalue weighted by atomic mass is 10.1. The number of nitrogens with zero attached hydrogens (tertiary/aromatic N) is 2. The Labute approximate surface area is 110 Å². The summed E-state index contributed by atoms with van der Waals surface area (Å²) in [5, 5.41) is 13.5. The van der Waals surface area contributed by atoms with Crippen molar-refractivity contribution in [1.29, 1.82) is 0 Å². The van der Waals surface area contributed by atoms with Crippen LogP contribution in [0.4, 0.5) is 11.5 Å². The SMILES string of the molecule is CC1CCC(NC(=O)c2cc([N+](=O)[O-])cnc2N)C1. The molecule has 0 saturated heterocycles. The number of hydrogen-bond donors (Lipinski definition) is 2. The number of nitro groups is 1. The molecule has 0 aliphatic heterocycles. The number of carbonyl (C=O) groups excluding carboxylic acids is 1. The van der Waals surface area contributed by atoms with Crippen molar-refractivity contribution in [1.82, 2.24) is 10.3 Å². The minimum atomic E-state index is -0.596. The Morgan fingerprint density at radius 2 is 2.32 bits per heavy atom. The lowest BCUT2D eigenvalue weighted by Crippen LogP contribution is -2.33. The Balaban J connectivity index is 2.14. The van der Waals surface area contributed by atoms with E-state index in [1.807, 2.05) is 0 Å². The third-order valence-electron chi connectivity index (χ3n) is 3.39. The first-order valence-electron chi connectivity index (χ1n) is 6.18. The van der Waals surface area contributed by atoms with E-state index in [1.165, 1.54) is 0 Å². The van der Waals surface area contributed by atoms with Gasteiger partial charge in [0, 0.05) is 12.1 Å². The highest BCUT2D eigenvalue weighted by molar-refractivity contribution is 5.99. The zero-order chi connectivity index (χ0) is 14.0. The first-order chi connectivity index (χ1) is 8.97. The second-order valence-electron chi connectivity index (χ2n) is 4.97. The molecule has 1 aromatic heterocycles. The predicted molar refractivity (Wildman–Crippen MR) is 69.6 cm³/mol. The topological polar surface area (TPSA) is 111 Å². The van der Waals surface area contributed by atoms with Gasteiger partial charge in [-0.15, -0.1) is 0 Å². The number of anilines is 1. The number of amides is 1. The van der Waals surface area contributed by atoms with Gasteiger partial charge in [0.25, 0.3) is 11.6 Å². The van der Waals surface area contributed by atoms with Crippen molar-refractivity contribution < 1.29 is 9.72 Å². The van der Waals surface area contributed by atoms with Crippen LogP contribution in [0, 0.1) is 16.0 Å². The van der Waals surface area contributed by atoms with Gasteiger partial charge in [0.15, 0.2) is 0 Å². The highest BCUT2D eigenvalue weighted by Crippen LogP contribution is 2.25. The van der Waals surface area contributed by atoms with Crippen molar-refractivity contribution in [2.24, 2.45) is 5.92 Å². The Morgan fingerprint density at radius 1 is 1.58 bits per heavy atom. The van der Waals surface area contributed by atoms with Gasteiger partial charge >= 0.3 is 0 Å². The van der Waals surface area contributed by atoms with Gasteiger partial charge in [0.05, 0.1) is 10.5 Å². The van der Waals surface area contributed by atoms with Gasteiger partial charge in [-0.05, 0) is 25.2 Å². The number of hydrogen-bond acceptors (Lipinski definition) is 5. The molecule has 1 heterocycles. The van der Waals surface area contributed by atoms with E-state index in [9.17, 15) is 14.9 Å². The quantitative estimate of drug-likeness (QED) is 0.634. The van der Waals surface area contributed by atoms with Crippen LogP contribution in [0.15, 0.2) is 12.3 Å². The standard InChI is InChI=1S/C12H16N4O3/c1-7-2-3-8(4-7)15-12(17)10-5-9(16(18)19)6-14-11(10)13/h5-8H,2-4H2,1H3,(H2,13,14)(H,15,17). The number of carbonyl (C=O) groups is 1. The van der Waals surface area contributed by atoms with Crippen molar-refractivity contribution in [3.8, 4) is 0 Å². The van der Waals surface area contributed by atoms with Gasteiger partial charge in [-0.1, -0.05) is 6.92 Å². The van der Waals surface area contributed by atoms with Crippen LogP contribution in [0.5, 0.6) is 0 Å². The minimum Gasteiger partial charge on any atom is -0.383 e. The third-order valence-corrected chi connectivity index (χ3v) is 3.39. The molecular formula is C12H16N4O3. The first-order valence-corrected chi connectivity index (χ1v) is 6.18. The molecule has 0 aromatic carbocycles. The molecule has 1 aromatic rings. The van der Waals surface area contributed by atoms with Gasteiger partial charge in [0.2, 0.25) is 0 Å². The molecule has 1 aliphatic rings. The maximum atomic E-state index is 12.0. The number of aromatic nitrogens is 1. The van der Waals surface area contributed by atoms with Crippen LogP contribution in [0.1, 0.15) is 36.5 Å². The summed E-state index contributed by atoms with van der Waals surface area (Å²) in [6.45, 7) is 2.13. The normalized spacial score (nSPS) is 22.2. The van der Waals surface area contributed by atoms with E-state index in [4.69, 9.17) is 5.73 Å². The molecule has 7 heteroatoms. The molecule has 0 radical (unpaired) electrons. The molecule has 2 unspecified atom stereocenters. The van der Waals surface area contributed by atoms with Crippen molar-refractivity contribution in [3.05, 3.63) is 27.9 Å². The van der Waals surface area contributed by atoms with Crippen LogP contribution >= 0.6 is 0 Å². The zero-order valence-electron chi connectivity index (χ0n) is 10.6. The van der Waals surface area contributed by atoms with E-state index in [1.54, 1.807) is 0 Å². The van der Waals surface area contributed by atoms with E-state index in [0.717, 1.165) is 31.5 Å². The van der Waals surface area contributed by atoms with Gasteiger partial charge in [0.1, 0.15) is 12.0 Å². The van der Waals surface area contributed by atoms with Crippen molar-refractivity contribution in [2.75, 3.05) is 5.73 Å². The number of pyridine rings is 1. The van der Waals surface area contributed by atoms with Crippen LogP contribution in [-0.2, 0) is 0 Å². The molecule has 102 valence electrons. The molecule has 7 nitrogen and oxygen atoms in total. The number of rotatable bonds is 3. The molecule has 1 aliphatic carbocycles. The smallest absolute Gasteiger partial charge is 0.288 e. The zero-order valence-corrected chi connectivity index (χ0v) is 10.6. The summed E-state index contributed by atoms with van der Waals surface area (Å²) in [6.07, 6.45) is 3.97. The van der Waals surface area contributed by atoms with E-state index in [0.29, 0.717) is 5.92 Å². The summed E-state index contributed by atoms with van der Waals surface area (Å²) < 4.78 is 0. The largest absolute Gasteiger partial charge is 0.383 e. The first kappa shape index (κ1) is 13.3. The number of nitrogens with one attached hydrogen (secondary N) is 1. The predicted octanol–water partition coefficient (Wildman–Crippen LogP) is 1.49. The summed E-state index contributed by atoms with van der Waals surface area (Å²) in [5.74, 6) is 0.202. The lowest BCUT2D eigenvalue weighted by molar-refractivity contribution is -0.385. The van der Waals surface area contributed by atoms with Crippen LogP contribution in [0.3, 0.4) is 0 Å². The number of nitrogens with two attached hydrogens (primary N) is 1. The van der Waals surface area contributed by atoms with Crippen LogP contribution < -0.4 is 11.1 Å². The third kappa shape index (κ3) is 2.98. The molecule has 2 atom stereocenters. The van der Waals surface area contributed by atoms with Crippen LogP contribution in [-0.4, -0.2) is 21.9 Å². The fourth-order valence-corrected chi connectivity index (χ4v) is 2.35. The van der Waals surface area contributed by atoms with Crippen molar-refractivity contribution in [2.45, 2.75) is 32.2 Å². The van der Waals surface area contributed by atoms with E-state index in [2.05, 4.69) is 17.2 Å². The van der Waals surface area contributed by atoms with E-state index >= 15 is 0 Å². The van der Waals surface area contributed by atoms with E-state index < -0.39 is 10.8 Å². The summed E-state index contributed by atoms with van der Waals surface area (Å²) >= 11 is 0. The average Bonchev–Trinajstić information content (AvgIpc) is 2.74. The Bertz CT molecular complexity index is 518. The maximum absolute atomic E-state index is 12.0. The minimum absolute atomic E-state index is 0.00847. The molecule has 3 N–H and O–H groups in total. The molecule has 19 heavy (non-hydrogen) atoms.